The molecule has 25 heavy (non-hydrogen) atoms. The largest absolute Gasteiger partial charge is 0.497 e. The molecule has 4 aromatic rings. The summed E-state index contributed by atoms with van der Waals surface area (Å²) in [7, 11) is 3.68. The average molecular weight is 333 g/mol. The Morgan fingerprint density at radius 2 is 1.76 bits per heavy atom. The maximum Gasteiger partial charge on any atom is 0.338 e. The number of nitrogens with zero attached hydrogens (tertiary/aromatic N) is 1. The monoisotopic (exact) mass is 333 g/mol. The number of carbonyl (C=O) groups is 1. The summed E-state index contributed by atoms with van der Waals surface area (Å²) in [5.41, 5.74) is 2.70. The lowest BCUT2D eigenvalue weighted by atomic mass is 9.99. The van der Waals surface area contributed by atoms with Crippen molar-refractivity contribution in [2.24, 2.45) is 7.05 Å². The van der Waals surface area contributed by atoms with Crippen molar-refractivity contribution in [3.63, 3.8) is 0 Å². The molecular weight excluding hydrogens is 314 g/mol. The van der Waals surface area contributed by atoms with Crippen LogP contribution in [0.15, 0.2) is 48.5 Å². The van der Waals surface area contributed by atoms with Gasteiger partial charge in [-0.25, -0.2) is 4.79 Å². The third-order valence-electron chi connectivity index (χ3n) is 4.71. The van der Waals surface area contributed by atoms with Gasteiger partial charge in [-0.3, -0.25) is 0 Å². The number of hydrogen-bond donors (Lipinski definition) is 0. The number of methoxy groups -OCH3 is 1. The van der Waals surface area contributed by atoms with Crippen LogP contribution in [0.5, 0.6) is 5.75 Å². The van der Waals surface area contributed by atoms with Crippen molar-refractivity contribution in [2.75, 3.05) is 13.7 Å². The molecule has 0 atom stereocenters. The van der Waals surface area contributed by atoms with Gasteiger partial charge in [0.25, 0.3) is 0 Å². The van der Waals surface area contributed by atoms with Gasteiger partial charge in [0, 0.05) is 23.3 Å². The standard InChI is InChI=1S/C21H19NO3/c1-4-25-21(23)16-12-19-20(15-8-6-5-7-14(15)16)17-11-13(24-3)9-10-18(17)22(19)2/h5-12H,4H2,1-3H3. The Hall–Kier alpha value is -3.01. The van der Waals surface area contributed by atoms with Crippen molar-refractivity contribution in [2.45, 2.75) is 6.92 Å². The molecule has 0 aliphatic rings. The molecule has 3 aromatic carbocycles. The van der Waals surface area contributed by atoms with Crippen molar-refractivity contribution in [1.82, 2.24) is 4.57 Å². The highest BCUT2D eigenvalue weighted by atomic mass is 16.5. The maximum atomic E-state index is 12.5. The number of rotatable bonds is 3. The normalized spacial score (nSPS) is 11.3. The Morgan fingerprint density at radius 1 is 1.00 bits per heavy atom. The third-order valence-corrected chi connectivity index (χ3v) is 4.71. The summed E-state index contributed by atoms with van der Waals surface area (Å²) in [5.74, 6) is 0.530. The molecule has 0 fully saturated rings. The minimum Gasteiger partial charge on any atom is -0.497 e. The fourth-order valence-corrected chi connectivity index (χ4v) is 3.55. The molecule has 4 nitrogen and oxygen atoms in total. The summed E-state index contributed by atoms with van der Waals surface area (Å²) in [5, 5.41) is 4.19. The minimum atomic E-state index is -0.288. The zero-order chi connectivity index (χ0) is 17.6. The van der Waals surface area contributed by atoms with Crippen LogP contribution in [0.2, 0.25) is 0 Å². The van der Waals surface area contributed by atoms with Crippen LogP contribution in [0.25, 0.3) is 32.6 Å². The van der Waals surface area contributed by atoms with Crippen LogP contribution in [0.4, 0.5) is 0 Å². The quantitative estimate of drug-likeness (QED) is 0.512. The molecule has 4 heteroatoms. The molecule has 0 unspecified atom stereocenters. The lowest BCUT2D eigenvalue weighted by molar-refractivity contribution is 0.0529. The predicted octanol–water partition coefficient (Wildman–Crippen LogP) is 4.67. The highest BCUT2D eigenvalue weighted by Gasteiger charge is 2.18. The molecule has 0 spiro atoms. The highest BCUT2D eigenvalue weighted by molar-refractivity contribution is 6.24. The number of aromatic nitrogens is 1. The fraction of sp³-hybridized carbons (Fsp3) is 0.190. The number of esters is 1. The Balaban J connectivity index is 2.20. The molecule has 0 N–H and O–H groups in total. The molecule has 0 aliphatic heterocycles. The lowest BCUT2D eigenvalue weighted by Gasteiger charge is -2.09. The fourth-order valence-electron chi connectivity index (χ4n) is 3.55. The van der Waals surface area contributed by atoms with Gasteiger partial charge in [-0.1, -0.05) is 24.3 Å². The van der Waals surface area contributed by atoms with E-state index in [1.165, 1.54) is 0 Å². The van der Waals surface area contributed by atoms with Gasteiger partial charge in [-0.2, -0.15) is 0 Å². The van der Waals surface area contributed by atoms with E-state index in [1.54, 1.807) is 7.11 Å². The van der Waals surface area contributed by atoms with Crippen molar-refractivity contribution in [3.05, 3.63) is 54.1 Å². The average Bonchev–Trinajstić information content (AvgIpc) is 2.93. The van der Waals surface area contributed by atoms with Crippen molar-refractivity contribution >= 4 is 38.5 Å². The summed E-state index contributed by atoms with van der Waals surface area (Å²) in [6.07, 6.45) is 0. The van der Waals surface area contributed by atoms with E-state index in [0.29, 0.717) is 12.2 Å². The first kappa shape index (κ1) is 15.5. The van der Waals surface area contributed by atoms with Crippen LogP contribution in [0.1, 0.15) is 17.3 Å². The summed E-state index contributed by atoms with van der Waals surface area (Å²) in [6, 6.07) is 16.0. The lowest BCUT2D eigenvalue weighted by Crippen LogP contribution is -2.05. The summed E-state index contributed by atoms with van der Waals surface area (Å²) >= 11 is 0. The van der Waals surface area contributed by atoms with E-state index in [4.69, 9.17) is 9.47 Å². The van der Waals surface area contributed by atoms with E-state index < -0.39 is 0 Å². The van der Waals surface area contributed by atoms with E-state index in [9.17, 15) is 4.79 Å². The van der Waals surface area contributed by atoms with Crippen molar-refractivity contribution in [1.29, 1.82) is 0 Å². The molecule has 0 amide bonds. The van der Waals surface area contributed by atoms with Gasteiger partial charge >= 0.3 is 5.97 Å². The van der Waals surface area contributed by atoms with E-state index in [-0.39, 0.29) is 5.97 Å². The third kappa shape index (κ3) is 2.25. The van der Waals surface area contributed by atoms with Gasteiger partial charge < -0.3 is 14.0 Å². The van der Waals surface area contributed by atoms with Crippen LogP contribution >= 0.6 is 0 Å². The second-order valence-corrected chi connectivity index (χ2v) is 6.03. The Kier molecular flexibility index (Phi) is 3.61. The molecular formula is C21H19NO3. The molecule has 4 rings (SSSR count). The second-order valence-electron chi connectivity index (χ2n) is 6.03. The van der Waals surface area contributed by atoms with E-state index in [0.717, 1.165) is 38.3 Å². The van der Waals surface area contributed by atoms with E-state index in [1.807, 2.05) is 56.4 Å². The van der Waals surface area contributed by atoms with Gasteiger partial charge in [0.05, 0.1) is 24.8 Å². The van der Waals surface area contributed by atoms with Gasteiger partial charge in [0.15, 0.2) is 0 Å². The van der Waals surface area contributed by atoms with Gasteiger partial charge in [0.2, 0.25) is 0 Å². The highest BCUT2D eigenvalue weighted by Crippen LogP contribution is 2.37. The van der Waals surface area contributed by atoms with Crippen LogP contribution < -0.4 is 4.74 Å². The SMILES string of the molecule is CCOC(=O)c1cc2c(c3ccccc13)c1cc(OC)ccc1n2C. The van der Waals surface area contributed by atoms with E-state index >= 15 is 0 Å². The van der Waals surface area contributed by atoms with Crippen molar-refractivity contribution in [3.8, 4) is 5.75 Å². The second kappa shape index (κ2) is 5.81. The number of ether oxygens (including phenoxy) is 2. The molecule has 0 saturated heterocycles. The zero-order valence-electron chi connectivity index (χ0n) is 14.5. The van der Waals surface area contributed by atoms with E-state index in [2.05, 4.69) is 10.6 Å². The summed E-state index contributed by atoms with van der Waals surface area (Å²) in [4.78, 5) is 12.5. The molecule has 0 aliphatic carbocycles. The minimum absolute atomic E-state index is 0.288. The van der Waals surface area contributed by atoms with Gasteiger partial charge in [0.1, 0.15) is 5.75 Å². The first-order chi connectivity index (χ1) is 12.2. The van der Waals surface area contributed by atoms with Crippen LogP contribution in [-0.2, 0) is 11.8 Å². The summed E-state index contributed by atoms with van der Waals surface area (Å²) < 4.78 is 12.8. The van der Waals surface area contributed by atoms with Gasteiger partial charge in [-0.15, -0.1) is 0 Å². The predicted molar refractivity (Wildman–Crippen MR) is 100 cm³/mol. The Morgan fingerprint density at radius 3 is 2.48 bits per heavy atom. The summed E-state index contributed by atoms with van der Waals surface area (Å²) in [6.45, 7) is 2.18. The van der Waals surface area contributed by atoms with Gasteiger partial charge in [-0.05, 0) is 42.0 Å². The topological polar surface area (TPSA) is 40.5 Å². The molecule has 0 radical (unpaired) electrons. The molecule has 126 valence electrons. The zero-order valence-corrected chi connectivity index (χ0v) is 14.5. The number of fused-ring (bicyclic) bond motifs is 5. The number of hydrogen-bond acceptors (Lipinski definition) is 3. The first-order valence-corrected chi connectivity index (χ1v) is 8.30. The Labute approximate surface area is 145 Å². The smallest absolute Gasteiger partial charge is 0.338 e. The van der Waals surface area contributed by atoms with Crippen LogP contribution in [0.3, 0.4) is 0 Å². The molecule has 0 bridgehead atoms. The molecule has 0 saturated carbocycles. The molecule has 1 aromatic heterocycles. The first-order valence-electron chi connectivity index (χ1n) is 8.30. The number of aryl methyl sites for hydroxylation is 1. The van der Waals surface area contributed by atoms with Crippen LogP contribution in [0, 0.1) is 0 Å². The maximum absolute atomic E-state index is 12.5. The number of benzene rings is 3. The number of carbonyl (C=O) groups excluding carboxylic acids is 1. The van der Waals surface area contributed by atoms with Crippen molar-refractivity contribution < 1.29 is 14.3 Å². The molecule has 1 heterocycles. The Bertz CT molecular complexity index is 1120. The van der Waals surface area contributed by atoms with Crippen LogP contribution in [-0.4, -0.2) is 24.3 Å².